The highest BCUT2D eigenvalue weighted by Gasteiger charge is 2.55. The van der Waals surface area contributed by atoms with E-state index in [1.807, 2.05) is 42.5 Å². The fourth-order valence-corrected chi connectivity index (χ4v) is 5.66. The molecule has 0 fully saturated rings. The SMILES string of the molecule is COC(=O)[C@H]1[C@@H]2c3ccccc3O[C@]1(C)N=c1s/c(=C/c3ccc(C(C)C)cc3)c(=O)n12. The van der Waals surface area contributed by atoms with Gasteiger partial charge in [0.15, 0.2) is 4.80 Å². The number of carbonyl (C=O) groups excluding carboxylic acids is 1. The summed E-state index contributed by atoms with van der Waals surface area (Å²) in [6.45, 7) is 6.07. The van der Waals surface area contributed by atoms with E-state index < -0.39 is 23.7 Å². The van der Waals surface area contributed by atoms with Gasteiger partial charge in [0.2, 0.25) is 5.72 Å². The molecule has 2 aliphatic rings. The maximum absolute atomic E-state index is 13.6. The van der Waals surface area contributed by atoms with Gasteiger partial charge in [-0.25, -0.2) is 4.99 Å². The largest absolute Gasteiger partial charge is 0.469 e. The van der Waals surface area contributed by atoms with Gasteiger partial charge in [-0.1, -0.05) is 67.6 Å². The van der Waals surface area contributed by atoms with Crippen molar-refractivity contribution in [2.75, 3.05) is 7.11 Å². The molecule has 0 saturated heterocycles. The quantitative estimate of drug-likeness (QED) is 0.578. The summed E-state index contributed by atoms with van der Waals surface area (Å²) in [5.74, 6) is -0.143. The van der Waals surface area contributed by atoms with Gasteiger partial charge in [0.05, 0.1) is 17.7 Å². The van der Waals surface area contributed by atoms with Crippen LogP contribution in [0, 0.1) is 5.92 Å². The van der Waals surface area contributed by atoms with E-state index >= 15 is 0 Å². The lowest BCUT2D eigenvalue weighted by Gasteiger charge is -2.44. The van der Waals surface area contributed by atoms with Gasteiger partial charge < -0.3 is 9.47 Å². The van der Waals surface area contributed by atoms with Crippen LogP contribution in [0.5, 0.6) is 5.75 Å². The highest BCUT2D eigenvalue weighted by Crippen LogP contribution is 2.47. The van der Waals surface area contributed by atoms with E-state index in [0.29, 0.717) is 21.0 Å². The van der Waals surface area contributed by atoms with Crippen LogP contribution < -0.4 is 19.6 Å². The maximum atomic E-state index is 13.6. The maximum Gasteiger partial charge on any atom is 0.317 e. The molecular formula is C25H24N2O4S. The minimum Gasteiger partial charge on any atom is -0.469 e. The number of carbonyl (C=O) groups is 1. The summed E-state index contributed by atoms with van der Waals surface area (Å²) in [4.78, 5) is 31.7. The first kappa shape index (κ1) is 20.7. The van der Waals surface area contributed by atoms with E-state index in [9.17, 15) is 9.59 Å². The molecule has 2 bridgehead atoms. The molecule has 0 saturated carbocycles. The minimum absolute atomic E-state index is 0.167. The van der Waals surface area contributed by atoms with Gasteiger partial charge >= 0.3 is 5.97 Å². The van der Waals surface area contributed by atoms with Crippen LogP contribution >= 0.6 is 11.3 Å². The van der Waals surface area contributed by atoms with Crippen molar-refractivity contribution in [2.45, 2.75) is 38.5 Å². The number of aromatic nitrogens is 1. The number of esters is 1. The molecule has 1 aromatic heterocycles. The first-order valence-electron chi connectivity index (χ1n) is 10.6. The number of ether oxygens (including phenoxy) is 2. The molecule has 0 spiro atoms. The van der Waals surface area contributed by atoms with Gasteiger partial charge in [0, 0.05) is 5.56 Å². The molecule has 3 atom stereocenters. The fourth-order valence-electron chi connectivity index (χ4n) is 4.56. The van der Waals surface area contributed by atoms with Gasteiger partial charge in [0.25, 0.3) is 5.56 Å². The van der Waals surface area contributed by atoms with E-state index in [1.165, 1.54) is 24.0 Å². The van der Waals surface area contributed by atoms with Crippen molar-refractivity contribution in [3.63, 3.8) is 0 Å². The Balaban J connectivity index is 1.72. The summed E-state index contributed by atoms with van der Waals surface area (Å²) in [5.41, 5.74) is 1.65. The zero-order valence-electron chi connectivity index (χ0n) is 18.4. The molecule has 0 aliphatic carbocycles. The lowest BCUT2D eigenvalue weighted by atomic mass is 9.81. The summed E-state index contributed by atoms with van der Waals surface area (Å²) in [5, 5.41) is 0. The third-order valence-corrected chi connectivity index (χ3v) is 7.22. The number of methoxy groups -OCH3 is 1. The molecule has 0 N–H and O–H groups in total. The number of nitrogens with zero attached hydrogens (tertiary/aromatic N) is 2. The second kappa shape index (κ2) is 7.45. The number of rotatable bonds is 3. The van der Waals surface area contributed by atoms with Crippen LogP contribution in [0.15, 0.2) is 58.3 Å². The second-order valence-corrected chi connectivity index (χ2v) is 9.65. The Morgan fingerprint density at radius 2 is 1.94 bits per heavy atom. The average Bonchev–Trinajstić information content (AvgIpc) is 3.06. The smallest absolute Gasteiger partial charge is 0.317 e. The molecule has 0 unspecified atom stereocenters. The normalized spacial score (nSPS) is 23.7. The lowest BCUT2D eigenvalue weighted by Crippen LogP contribution is -2.58. The van der Waals surface area contributed by atoms with Gasteiger partial charge in [-0.05, 0) is 36.1 Å². The van der Waals surface area contributed by atoms with Crippen molar-refractivity contribution in [1.29, 1.82) is 0 Å². The number of thiazole rings is 1. The Morgan fingerprint density at radius 1 is 1.22 bits per heavy atom. The van der Waals surface area contributed by atoms with Crippen LogP contribution in [0.25, 0.3) is 6.08 Å². The Morgan fingerprint density at radius 3 is 2.62 bits per heavy atom. The molecule has 3 aromatic rings. The van der Waals surface area contributed by atoms with E-state index in [1.54, 1.807) is 11.5 Å². The van der Waals surface area contributed by atoms with Crippen LogP contribution in [0.3, 0.4) is 0 Å². The molecule has 2 aliphatic heterocycles. The number of para-hydroxylation sites is 1. The van der Waals surface area contributed by atoms with E-state index in [2.05, 4.69) is 26.0 Å². The third-order valence-electron chi connectivity index (χ3n) is 6.24. The molecule has 6 nitrogen and oxygen atoms in total. The molecule has 164 valence electrons. The molecule has 0 radical (unpaired) electrons. The van der Waals surface area contributed by atoms with E-state index in [-0.39, 0.29) is 5.56 Å². The zero-order chi connectivity index (χ0) is 22.6. The molecule has 5 rings (SSSR count). The number of hydrogen-bond acceptors (Lipinski definition) is 6. The Kier molecular flexibility index (Phi) is 4.82. The van der Waals surface area contributed by atoms with Crippen molar-refractivity contribution >= 4 is 23.4 Å². The molecule has 7 heteroatoms. The number of benzene rings is 2. The Bertz CT molecular complexity index is 1390. The van der Waals surface area contributed by atoms with Gasteiger partial charge in [-0.15, -0.1) is 0 Å². The molecule has 2 aromatic carbocycles. The topological polar surface area (TPSA) is 69.9 Å². The van der Waals surface area contributed by atoms with Gasteiger partial charge in [0.1, 0.15) is 11.7 Å². The highest BCUT2D eigenvalue weighted by molar-refractivity contribution is 7.07. The van der Waals surface area contributed by atoms with Crippen molar-refractivity contribution in [2.24, 2.45) is 10.9 Å². The van der Waals surface area contributed by atoms with E-state index in [0.717, 1.165) is 11.1 Å². The van der Waals surface area contributed by atoms with Crippen LogP contribution in [0.4, 0.5) is 0 Å². The Labute approximate surface area is 189 Å². The fraction of sp³-hybridized carbons (Fsp3) is 0.320. The van der Waals surface area contributed by atoms with Crippen molar-refractivity contribution < 1.29 is 14.3 Å². The monoisotopic (exact) mass is 448 g/mol. The van der Waals surface area contributed by atoms with Crippen LogP contribution in [0.2, 0.25) is 0 Å². The standard InChI is InChI=1S/C25H24N2O4S/c1-14(2)16-11-9-15(10-12-16)13-19-22(28)27-21-17-7-5-6-8-18(17)31-25(3,26-24(27)32-19)20(21)23(29)30-4/h5-14,20-21H,1-4H3/b19-13+/t20-,21+,25+/m1/s1. The van der Waals surface area contributed by atoms with Crippen LogP contribution in [-0.2, 0) is 9.53 Å². The predicted molar refractivity (Wildman–Crippen MR) is 123 cm³/mol. The van der Waals surface area contributed by atoms with Crippen molar-refractivity contribution in [3.8, 4) is 5.75 Å². The van der Waals surface area contributed by atoms with Gasteiger partial charge in [-0.2, -0.15) is 0 Å². The lowest BCUT2D eigenvalue weighted by molar-refractivity contribution is -0.158. The first-order chi connectivity index (χ1) is 15.3. The molecule has 0 amide bonds. The second-order valence-electron chi connectivity index (χ2n) is 8.64. The number of hydrogen-bond donors (Lipinski definition) is 0. The zero-order valence-corrected chi connectivity index (χ0v) is 19.2. The van der Waals surface area contributed by atoms with Gasteiger partial charge in [-0.3, -0.25) is 14.2 Å². The van der Waals surface area contributed by atoms with Crippen LogP contribution in [-0.4, -0.2) is 23.4 Å². The summed E-state index contributed by atoms with van der Waals surface area (Å²) in [6.07, 6.45) is 1.88. The average molecular weight is 449 g/mol. The first-order valence-corrected chi connectivity index (χ1v) is 11.4. The molecular weight excluding hydrogens is 424 g/mol. The molecule has 3 heterocycles. The summed E-state index contributed by atoms with van der Waals surface area (Å²) in [6, 6.07) is 15.1. The predicted octanol–water partition coefficient (Wildman–Crippen LogP) is 2.98. The summed E-state index contributed by atoms with van der Waals surface area (Å²) >= 11 is 1.31. The van der Waals surface area contributed by atoms with E-state index in [4.69, 9.17) is 14.5 Å². The minimum atomic E-state index is -1.15. The highest BCUT2D eigenvalue weighted by atomic mass is 32.1. The molecule has 32 heavy (non-hydrogen) atoms. The van der Waals surface area contributed by atoms with Crippen molar-refractivity contribution in [3.05, 3.63) is 84.9 Å². The number of fused-ring (bicyclic) bond motifs is 6. The van der Waals surface area contributed by atoms with Crippen LogP contribution in [0.1, 0.15) is 49.4 Å². The summed E-state index contributed by atoms with van der Waals surface area (Å²) < 4.78 is 13.5. The summed E-state index contributed by atoms with van der Waals surface area (Å²) in [7, 11) is 1.35. The Hall–Kier alpha value is -3.19. The van der Waals surface area contributed by atoms with Crippen molar-refractivity contribution in [1.82, 2.24) is 4.57 Å². The third kappa shape index (κ3) is 3.11.